The molecule has 1 N–H and O–H groups in total. The third-order valence-electron chi connectivity index (χ3n) is 4.05. The number of hydrogen-bond acceptors (Lipinski definition) is 5. The number of piperazine rings is 1. The van der Waals surface area contributed by atoms with Gasteiger partial charge < -0.3 is 15.0 Å². The number of rotatable bonds is 1. The fourth-order valence-electron chi connectivity index (χ4n) is 3.03. The number of carbonyl (C=O) groups is 1. The van der Waals surface area contributed by atoms with Crippen LogP contribution >= 0.6 is 0 Å². The van der Waals surface area contributed by atoms with Crippen LogP contribution in [0.2, 0.25) is 0 Å². The maximum Gasteiger partial charge on any atom is 0.410 e. The summed E-state index contributed by atoms with van der Waals surface area (Å²) in [4.78, 5) is 16.2. The van der Waals surface area contributed by atoms with Gasteiger partial charge in [-0.25, -0.2) is 4.79 Å². The monoisotopic (exact) mass is 294 g/mol. The van der Waals surface area contributed by atoms with Crippen LogP contribution in [0, 0.1) is 11.3 Å². The van der Waals surface area contributed by atoms with E-state index >= 15 is 0 Å². The van der Waals surface area contributed by atoms with Crippen LogP contribution in [0.5, 0.6) is 0 Å². The average molecular weight is 294 g/mol. The van der Waals surface area contributed by atoms with E-state index < -0.39 is 11.1 Å². The van der Waals surface area contributed by atoms with Crippen molar-refractivity contribution in [2.24, 2.45) is 0 Å². The molecule has 118 valence electrons. The topological polar surface area (TPSA) is 68.6 Å². The van der Waals surface area contributed by atoms with Crippen molar-refractivity contribution in [3.05, 3.63) is 0 Å². The second-order valence-electron chi connectivity index (χ2n) is 6.89. The van der Waals surface area contributed by atoms with E-state index in [-0.39, 0.29) is 6.09 Å². The first kappa shape index (κ1) is 16.1. The first-order valence-corrected chi connectivity index (χ1v) is 7.71. The normalized spacial score (nSPS) is 28.0. The van der Waals surface area contributed by atoms with Gasteiger partial charge in [-0.15, -0.1) is 0 Å². The lowest BCUT2D eigenvalue weighted by Crippen LogP contribution is -2.63. The lowest BCUT2D eigenvalue weighted by atomic mass is 9.88. The Bertz CT molecular complexity index is 420. The van der Waals surface area contributed by atoms with Gasteiger partial charge in [0.15, 0.2) is 0 Å². The van der Waals surface area contributed by atoms with Crippen molar-refractivity contribution in [2.75, 3.05) is 39.3 Å². The summed E-state index contributed by atoms with van der Waals surface area (Å²) in [5, 5.41) is 13.0. The Kier molecular flexibility index (Phi) is 4.74. The third kappa shape index (κ3) is 3.86. The van der Waals surface area contributed by atoms with E-state index in [1.54, 1.807) is 4.90 Å². The summed E-state index contributed by atoms with van der Waals surface area (Å²) in [6.07, 6.45) is 1.36. The molecule has 0 aromatic carbocycles. The second kappa shape index (κ2) is 6.20. The van der Waals surface area contributed by atoms with Gasteiger partial charge >= 0.3 is 6.09 Å². The third-order valence-corrected chi connectivity index (χ3v) is 4.05. The van der Waals surface area contributed by atoms with Gasteiger partial charge in [-0.1, -0.05) is 0 Å². The summed E-state index contributed by atoms with van der Waals surface area (Å²) in [6.45, 7) is 10.2. The smallest absolute Gasteiger partial charge is 0.410 e. The number of nitrogens with zero attached hydrogens (tertiary/aromatic N) is 3. The molecule has 6 heteroatoms. The number of nitriles is 1. The molecule has 0 aromatic rings. The molecule has 6 nitrogen and oxygen atoms in total. The zero-order valence-corrected chi connectivity index (χ0v) is 13.3. The Hall–Kier alpha value is -1.32. The van der Waals surface area contributed by atoms with Crippen LogP contribution in [0.15, 0.2) is 0 Å². The summed E-state index contributed by atoms with van der Waals surface area (Å²) in [5.41, 5.74) is -1.06. The van der Waals surface area contributed by atoms with Crippen molar-refractivity contribution in [3.8, 4) is 6.07 Å². The SMILES string of the molecule is CC(C)(C)OC(=O)N1CCCC(C#N)(N2CCNCC2)C1. The molecule has 0 spiro atoms. The second-order valence-corrected chi connectivity index (χ2v) is 6.89. The van der Waals surface area contributed by atoms with E-state index in [2.05, 4.69) is 16.3 Å². The Morgan fingerprint density at radius 2 is 1.95 bits per heavy atom. The number of amides is 1. The van der Waals surface area contributed by atoms with E-state index in [1.165, 1.54) is 0 Å². The van der Waals surface area contributed by atoms with Crippen molar-refractivity contribution >= 4 is 6.09 Å². The molecule has 0 aliphatic carbocycles. The lowest BCUT2D eigenvalue weighted by Gasteiger charge is -2.46. The summed E-state index contributed by atoms with van der Waals surface area (Å²) < 4.78 is 5.45. The molecule has 2 aliphatic heterocycles. The van der Waals surface area contributed by atoms with Crippen molar-refractivity contribution in [2.45, 2.75) is 44.8 Å². The van der Waals surface area contributed by atoms with E-state index in [9.17, 15) is 10.1 Å². The Labute approximate surface area is 127 Å². The zero-order chi connectivity index (χ0) is 15.5. The van der Waals surface area contributed by atoms with Gasteiger partial charge in [0, 0.05) is 32.7 Å². The van der Waals surface area contributed by atoms with Crippen LogP contribution in [0.1, 0.15) is 33.6 Å². The minimum Gasteiger partial charge on any atom is -0.444 e. The summed E-state index contributed by atoms with van der Waals surface area (Å²) >= 11 is 0. The van der Waals surface area contributed by atoms with Crippen LogP contribution in [-0.2, 0) is 4.74 Å². The molecule has 0 radical (unpaired) electrons. The molecule has 21 heavy (non-hydrogen) atoms. The predicted octanol–water partition coefficient (Wildman–Crippen LogP) is 1.18. The average Bonchev–Trinajstić information content (AvgIpc) is 2.46. The Morgan fingerprint density at radius 1 is 1.29 bits per heavy atom. The van der Waals surface area contributed by atoms with Crippen LogP contribution in [0.4, 0.5) is 4.79 Å². The van der Waals surface area contributed by atoms with Crippen molar-refractivity contribution in [3.63, 3.8) is 0 Å². The van der Waals surface area contributed by atoms with Gasteiger partial charge in [0.2, 0.25) is 0 Å². The van der Waals surface area contributed by atoms with E-state index in [1.807, 2.05) is 20.8 Å². The van der Waals surface area contributed by atoms with E-state index in [0.717, 1.165) is 39.0 Å². The van der Waals surface area contributed by atoms with Crippen molar-refractivity contribution < 1.29 is 9.53 Å². The summed E-state index contributed by atoms with van der Waals surface area (Å²) in [7, 11) is 0. The van der Waals surface area contributed by atoms with E-state index in [4.69, 9.17) is 4.74 Å². The molecule has 2 rings (SSSR count). The maximum absolute atomic E-state index is 12.3. The quantitative estimate of drug-likeness (QED) is 0.786. The van der Waals surface area contributed by atoms with Crippen LogP contribution in [0.25, 0.3) is 0 Å². The fourth-order valence-corrected chi connectivity index (χ4v) is 3.03. The number of hydrogen-bond donors (Lipinski definition) is 1. The highest BCUT2D eigenvalue weighted by Gasteiger charge is 2.43. The first-order chi connectivity index (χ1) is 9.86. The van der Waals surface area contributed by atoms with Crippen molar-refractivity contribution in [1.29, 1.82) is 5.26 Å². The highest BCUT2D eigenvalue weighted by Crippen LogP contribution is 2.28. The summed E-state index contributed by atoms with van der Waals surface area (Å²) in [5.74, 6) is 0. The molecule has 1 atom stereocenters. The summed E-state index contributed by atoms with van der Waals surface area (Å²) in [6, 6.07) is 2.48. The van der Waals surface area contributed by atoms with Gasteiger partial charge in [-0.2, -0.15) is 5.26 Å². The molecular formula is C15H26N4O2. The molecule has 0 bridgehead atoms. The lowest BCUT2D eigenvalue weighted by molar-refractivity contribution is -0.00300. The minimum atomic E-state index is -0.558. The number of ether oxygens (including phenoxy) is 1. The number of likely N-dealkylation sites (tertiary alicyclic amines) is 1. The first-order valence-electron chi connectivity index (χ1n) is 7.71. The molecular weight excluding hydrogens is 268 g/mol. The molecule has 1 unspecified atom stereocenters. The van der Waals surface area contributed by atoms with Crippen LogP contribution in [-0.4, -0.2) is 66.3 Å². The van der Waals surface area contributed by atoms with Gasteiger partial charge in [0.25, 0.3) is 0 Å². The molecule has 0 aromatic heterocycles. The maximum atomic E-state index is 12.3. The highest BCUT2D eigenvalue weighted by atomic mass is 16.6. The highest BCUT2D eigenvalue weighted by molar-refractivity contribution is 5.68. The molecule has 1 amide bonds. The van der Waals surface area contributed by atoms with Gasteiger partial charge in [-0.05, 0) is 33.6 Å². The fraction of sp³-hybridized carbons (Fsp3) is 0.867. The van der Waals surface area contributed by atoms with Crippen LogP contribution in [0.3, 0.4) is 0 Å². The largest absolute Gasteiger partial charge is 0.444 e. The predicted molar refractivity (Wildman–Crippen MR) is 79.8 cm³/mol. The van der Waals surface area contributed by atoms with E-state index in [0.29, 0.717) is 13.1 Å². The Morgan fingerprint density at radius 3 is 2.52 bits per heavy atom. The van der Waals surface area contributed by atoms with Gasteiger partial charge in [0.1, 0.15) is 11.1 Å². The molecule has 2 aliphatic rings. The van der Waals surface area contributed by atoms with Crippen LogP contribution < -0.4 is 5.32 Å². The van der Waals surface area contributed by atoms with Gasteiger partial charge in [0.05, 0.1) is 12.6 Å². The molecule has 2 heterocycles. The van der Waals surface area contributed by atoms with Gasteiger partial charge in [-0.3, -0.25) is 4.90 Å². The standard InChI is InChI=1S/C15H26N4O2/c1-14(2,3)21-13(20)18-8-4-5-15(11-16,12-18)19-9-6-17-7-10-19/h17H,4-10,12H2,1-3H3. The molecule has 0 saturated carbocycles. The van der Waals surface area contributed by atoms with Crippen molar-refractivity contribution in [1.82, 2.24) is 15.1 Å². The molecule has 2 saturated heterocycles. The Balaban J connectivity index is 2.07. The minimum absolute atomic E-state index is 0.308. The number of piperidine rings is 1. The molecule has 2 fully saturated rings. The number of nitrogens with one attached hydrogen (secondary N) is 1. The zero-order valence-electron chi connectivity index (χ0n) is 13.3. The number of carbonyl (C=O) groups excluding carboxylic acids is 1.